The van der Waals surface area contributed by atoms with Gasteiger partial charge in [-0.15, -0.1) is 24.0 Å². The molecule has 9 nitrogen and oxygen atoms in total. The minimum atomic E-state index is -4.19. The van der Waals surface area contributed by atoms with Crippen molar-refractivity contribution in [2.75, 3.05) is 9.21 Å². The van der Waals surface area contributed by atoms with Crippen LogP contribution in [-0.2, 0) is 10.0 Å². The molecule has 154 valence electrons. The first kappa shape index (κ1) is 21.2. The molecule has 0 N–H and O–H groups in total. The van der Waals surface area contributed by atoms with Crippen LogP contribution in [0.5, 0.6) is 0 Å². The molecule has 4 rings (SSSR count). The highest BCUT2D eigenvalue weighted by atomic mass is 79.9. The zero-order chi connectivity index (χ0) is 21.0. The molecule has 4 heterocycles. The fraction of sp³-hybridized carbons (Fsp3) is 0.214. The van der Waals surface area contributed by atoms with E-state index in [4.69, 9.17) is 21.7 Å². The zero-order valence-corrected chi connectivity index (χ0v) is 21.1. The molecule has 0 saturated heterocycles. The van der Waals surface area contributed by atoms with E-state index >= 15 is 0 Å². The topological polar surface area (TPSA) is 106 Å². The number of nitrogens with zero attached hydrogens (tertiary/aromatic N) is 5. The molecular weight excluding hydrogens is 590 g/mol. The Morgan fingerprint density at radius 2 is 1.90 bits per heavy atom. The van der Waals surface area contributed by atoms with E-state index in [2.05, 4.69) is 47.2 Å². The molecule has 0 fully saturated rings. The third-order valence-electron chi connectivity index (χ3n) is 3.84. The van der Waals surface area contributed by atoms with Crippen LogP contribution < -0.4 is 9.21 Å². The smallest absolute Gasteiger partial charge is 0.297 e. The SMILES string of the molecule is Cc1noc(N2C=CSC2(S)N(c2onc(C)c2Br)S(=O)(=O)c2nccs2)c1Br. The molecule has 1 atom stereocenters. The summed E-state index contributed by atoms with van der Waals surface area (Å²) in [6.07, 6.45) is 3.06. The summed E-state index contributed by atoms with van der Waals surface area (Å²) < 4.78 is 38.3. The Hall–Kier alpha value is -1.00. The average Bonchev–Trinajstić information content (AvgIpc) is 3.44. The largest absolute Gasteiger partial charge is 0.337 e. The maximum absolute atomic E-state index is 13.6. The van der Waals surface area contributed by atoms with Gasteiger partial charge >= 0.3 is 0 Å². The van der Waals surface area contributed by atoms with Crippen molar-refractivity contribution >= 4 is 89.4 Å². The number of hydrogen-bond acceptors (Lipinski definition) is 11. The highest BCUT2D eigenvalue weighted by Gasteiger charge is 2.53. The number of aryl methyl sites for hydroxylation is 2. The highest BCUT2D eigenvalue weighted by Crippen LogP contribution is 2.52. The maximum Gasteiger partial charge on any atom is 0.297 e. The van der Waals surface area contributed by atoms with Crippen molar-refractivity contribution in [3.63, 3.8) is 0 Å². The normalized spacial score (nSPS) is 19.3. The number of thiol groups is 1. The molecule has 1 aliphatic heterocycles. The van der Waals surface area contributed by atoms with Crippen molar-refractivity contribution in [2.45, 2.75) is 22.5 Å². The van der Waals surface area contributed by atoms with E-state index in [-0.39, 0.29) is 16.1 Å². The van der Waals surface area contributed by atoms with Crippen molar-refractivity contribution in [3.8, 4) is 0 Å². The van der Waals surface area contributed by atoms with Gasteiger partial charge in [0.2, 0.25) is 14.6 Å². The summed E-state index contributed by atoms with van der Waals surface area (Å²) in [6, 6.07) is 0. The molecule has 0 aliphatic carbocycles. The Morgan fingerprint density at radius 1 is 1.21 bits per heavy atom. The van der Waals surface area contributed by atoms with Gasteiger partial charge in [-0.25, -0.2) is 4.98 Å². The number of sulfonamides is 1. The number of hydrogen-bond donors (Lipinski definition) is 1. The zero-order valence-electron chi connectivity index (χ0n) is 14.6. The lowest BCUT2D eigenvalue weighted by atomic mass is 10.4. The van der Waals surface area contributed by atoms with Crippen molar-refractivity contribution in [1.29, 1.82) is 0 Å². The summed E-state index contributed by atoms with van der Waals surface area (Å²) in [4.78, 5) is 5.51. The minimum Gasteiger partial charge on any atom is -0.337 e. The third-order valence-corrected chi connectivity index (χ3v) is 10.5. The first-order valence-corrected chi connectivity index (χ1v) is 13.0. The van der Waals surface area contributed by atoms with Crippen LogP contribution in [-0.4, -0.2) is 28.0 Å². The van der Waals surface area contributed by atoms with E-state index < -0.39 is 14.4 Å². The standard InChI is InChI=1S/C14H11Br2N5O4S4/c1-7-9(15)11(24-18-7)20-4-6-28-14(20,26)21(12-10(16)8(2)19-25-12)29(22,23)13-17-3-5-27-13/h3-6,26H,1-2H3. The molecule has 0 aromatic carbocycles. The van der Waals surface area contributed by atoms with Crippen LogP contribution in [0.4, 0.5) is 11.8 Å². The fourth-order valence-corrected chi connectivity index (χ4v) is 7.55. The van der Waals surface area contributed by atoms with Crippen molar-refractivity contribution in [3.05, 3.63) is 43.5 Å². The summed E-state index contributed by atoms with van der Waals surface area (Å²) in [5, 5.41) is 11.1. The van der Waals surface area contributed by atoms with Crippen LogP contribution in [0.25, 0.3) is 0 Å². The molecule has 0 amide bonds. The van der Waals surface area contributed by atoms with E-state index in [0.29, 0.717) is 20.3 Å². The average molecular weight is 601 g/mol. The lowest BCUT2D eigenvalue weighted by molar-refractivity contribution is 0.405. The van der Waals surface area contributed by atoms with Crippen LogP contribution in [0.3, 0.4) is 0 Å². The lowest BCUT2D eigenvalue weighted by Crippen LogP contribution is -2.54. The Balaban J connectivity index is 1.93. The molecular formula is C14H11Br2N5O4S4. The van der Waals surface area contributed by atoms with Gasteiger partial charge in [0, 0.05) is 17.8 Å². The van der Waals surface area contributed by atoms with Crippen LogP contribution in [0.1, 0.15) is 11.4 Å². The van der Waals surface area contributed by atoms with Gasteiger partial charge in [0.05, 0.1) is 11.4 Å². The summed E-state index contributed by atoms with van der Waals surface area (Å²) in [7, 11) is -4.19. The van der Waals surface area contributed by atoms with Crippen LogP contribution >= 0.6 is 67.6 Å². The summed E-state index contributed by atoms with van der Waals surface area (Å²) in [6.45, 7) is 3.44. The molecule has 3 aromatic heterocycles. The van der Waals surface area contributed by atoms with E-state index in [1.807, 2.05) is 0 Å². The van der Waals surface area contributed by atoms with E-state index in [9.17, 15) is 8.42 Å². The van der Waals surface area contributed by atoms with Gasteiger partial charge in [0.25, 0.3) is 15.9 Å². The van der Waals surface area contributed by atoms with E-state index in [0.717, 1.165) is 27.4 Å². The van der Waals surface area contributed by atoms with Crippen LogP contribution in [0.15, 0.2) is 45.5 Å². The first-order valence-electron chi connectivity index (χ1n) is 7.72. The van der Waals surface area contributed by atoms with Gasteiger partial charge in [0.1, 0.15) is 8.95 Å². The number of anilines is 2. The Labute approximate surface area is 196 Å². The molecule has 0 radical (unpaired) electrons. The number of aromatic nitrogens is 3. The van der Waals surface area contributed by atoms with Crippen molar-refractivity contribution in [1.82, 2.24) is 15.3 Å². The van der Waals surface area contributed by atoms with Gasteiger partial charge in [-0.3, -0.25) is 4.90 Å². The number of thioether (sulfide) groups is 1. The highest BCUT2D eigenvalue weighted by molar-refractivity contribution is 9.11. The maximum atomic E-state index is 13.6. The fourth-order valence-electron chi connectivity index (χ4n) is 2.47. The number of rotatable bonds is 5. The molecule has 0 bridgehead atoms. The number of halogens is 2. The second kappa shape index (κ2) is 7.60. The second-order valence-electron chi connectivity index (χ2n) is 5.69. The lowest BCUT2D eigenvalue weighted by Gasteiger charge is -2.39. The van der Waals surface area contributed by atoms with Crippen molar-refractivity contribution in [2.24, 2.45) is 0 Å². The van der Waals surface area contributed by atoms with Gasteiger partial charge in [0.15, 0.2) is 0 Å². The van der Waals surface area contributed by atoms with Gasteiger partial charge in [-0.2, -0.15) is 12.7 Å². The van der Waals surface area contributed by atoms with Gasteiger partial charge in [-0.1, -0.05) is 22.1 Å². The monoisotopic (exact) mass is 599 g/mol. The molecule has 29 heavy (non-hydrogen) atoms. The predicted octanol–water partition coefficient (Wildman–Crippen LogP) is 4.72. The third kappa shape index (κ3) is 3.35. The van der Waals surface area contributed by atoms with Crippen LogP contribution in [0, 0.1) is 13.8 Å². The second-order valence-corrected chi connectivity index (χ2v) is 12.1. The Bertz CT molecular complexity index is 1190. The predicted molar refractivity (Wildman–Crippen MR) is 121 cm³/mol. The van der Waals surface area contributed by atoms with Crippen molar-refractivity contribution < 1.29 is 17.5 Å². The van der Waals surface area contributed by atoms with Crippen LogP contribution in [0.2, 0.25) is 0 Å². The summed E-state index contributed by atoms with van der Waals surface area (Å²) in [5.74, 6) is 0.242. The summed E-state index contributed by atoms with van der Waals surface area (Å²) >= 11 is 13.7. The van der Waals surface area contributed by atoms with E-state index in [1.165, 1.54) is 11.1 Å². The quantitative estimate of drug-likeness (QED) is 0.329. The first-order chi connectivity index (χ1) is 13.7. The Morgan fingerprint density at radius 3 is 2.45 bits per heavy atom. The molecule has 1 unspecified atom stereocenters. The molecule has 1 aliphatic rings. The van der Waals surface area contributed by atoms with Gasteiger partial charge in [-0.05, 0) is 51.1 Å². The number of thiazole rings is 1. The Kier molecular flexibility index (Phi) is 5.57. The van der Waals surface area contributed by atoms with Gasteiger partial charge < -0.3 is 9.05 Å². The van der Waals surface area contributed by atoms with E-state index in [1.54, 1.807) is 30.8 Å². The molecule has 0 spiro atoms. The molecule has 0 saturated carbocycles. The summed E-state index contributed by atoms with van der Waals surface area (Å²) in [5.41, 5.74) is 1.09. The molecule has 15 heteroatoms. The molecule has 3 aromatic rings. The minimum absolute atomic E-state index is 0.0405.